The van der Waals surface area contributed by atoms with E-state index in [2.05, 4.69) is 6.92 Å². The Hall–Kier alpha value is 0.00494. The van der Waals surface area contributed by atoms with Gasteiger partial charge in [-0.15, -0.1) is 0 Å². The Bertz CT molecular complexity index is 334. The molecule has 0 saturated carbocycles. The van der Waals surface area contributed by atoms with E-state index in [9.17, 15) is 0 Å². The average Bonchev–Trinajstić information content (AvgIpc) is 2.13. The van der Waals surface area contributed by atoms with E-state index in [-0.39, 0.29) is 31.0 Å². The average molecular weight is 218 g/mol. The van der Waals surface area contributed by atoms with Gasteiger partial charge < -0.3 is 16.1 Å². The fourth-order valence-electron chi connectivity index (χ4n) is 1.48. The molecule has 0 radical (unpaired) electrons. The van der Waals surface area contributed by atoms with Crippen LogP contribution >= 0.6 is 0 Å². The second kappa shape index (κ2) is 6.56. The number of hydrogen-bond acceptors (Lipinski definition) is 3. The van der Waals surface area contributed by atoms with Gasteiger partial charge in [-0.05, 0) is 43.0 Å². The van der Waals surface area contributed by atoms with Gasteiger partial charge in [-0.25, -0.2) is 0 Å². The molecule has 0 amide bonds. The Balaban J connectivity index is 0. The molecule has 0 spiro atoms. The van der Waals surface area contributed by atoms with Crippen LogP contribution in [0.15, 0.2) is 12.1 Å². The van der Waals surface area contributed by atoms with E-state index in [0.29, 0.717) is 5.75 Å². The van der Waals surface area contributed by atoms with Crippen molar-refractivity contribution in [2.45, 2.75) is 27.2 Å². The topological polar surface area (TPSA) is 49.7 Å². The fourth-order valence-corrected chi connectivity index (χ4v) is 1.48. The van der Waals surface area contributed by atoms with E-state index in [1.807, 2.05) is 19.9 Å². The first-order valence-electron chi connectivity index (χ1n) is 4.68. The van der Waals surface area contributed by atoms with Gasteiger partial charge in [0.15, 0.2) is 0 Å². The summed E-state index contributed by atoms with van der Waals surface area (Å²) in [6.07, 6.45) is 0.967. The minimum atomic E-state index is -1.75. The van der Waals surface area contributed by atoms with Crippen molar-refractivity contribution >= 4 is 7.32 Å². The summed E-state index contributed by atoms with van der Waals surface area (Å²) in [6, 6.07) is 3.71. The van der Waals surface area contributed by atoms with Crippen LogP contribution in [0.4, 0.5) is 0 Å². The molecule has 0 aliphatic rings. The van der Waals surface area contributed by atoms with Gasteiger partial charge in [-0.3, -0.25) is 0 Å². The normalized spacial score (nSPS) is 9.40. The SMILES string of the molecule is CCc1ccc(OB(O)O)c(C)c1C.[H-].[Na+]. The molecule has 0 fully saturated rings. The fraction of sp³-hybridized carbons (Fsp3) is 0.400. The molecule has 0 aliphatic heterocycles. The zero-order valence-corrected chi connectivity index (χ0v) is 11.7. The van der Waals surface area contributed by atoms with Crippen LogP contribution in [0.5, 0.6) is 5.75 Å². The van der Waals surface area contributed by atoms with Crippen molar-refractivity contribution in [3.63, 3.8) is 0 Å². The first-order chi connectivity index (χ1) is 6.56. The Morgan fingerprint density at radius 3 is 2.33 bits per heavy atom. The molecular weight excluding hydrogens is 202 g/mol. The van der Waals surface area contributed by atoms with Crippen molar-refractivity contribution in [2.24, 2.45) is 0 Å². The maximum Gasteiger partial charge on any atom is 1.00 e. The van der Waals surface area contributed by atoms with Gasteiger partial charge >= 0.3 is 36.9 Å². The minimum Gasteiger partial charge on any atom is -1.00 e. The van der Waals surface area contributed by atoms with Gasteiger partial charge in [0.1, 0.15) is 5.75 Å². The zero-order chi connectivity index (χ0) is 10.7. The third kappa shape index (κ3) is 3.81. The van der Waals surface area contributed by atoms with Crippen LogP contribution in [0.25, 0.3) is 0 Å². The van der Waals surface area contributed by atoms with Crippen molar-refractivity contribution in [1.82, 2.24) is 0 Å². The van der Waals surface area contributed by atoms with E-state index in [4.69, 9.17) is 14.7 Å². The quantitative estimate of drug-likeness (QED) is 0.596. The third-order valence-electron chi connectivity index (χ3n) is 2.46. The van der Waals surface area contributed by atoms with Crippen molar-refractivity contribution in [3.8, 4) is 5.75 Å². The molecule has 0 saturated heterocycles. The van der Waals surface area contributed by atoms with Gasteiger partial charge in [0.25, 0.3) is 0 Å². The van der Waals surface area contributed by atoms with Gasteiger partial charge in [-0.2, -0.15) is 0 Å². The van der Waals surface area contributed by atoms with E-state index in [1.54, 1.807) is 6.07 Å². The Labute approximate surface area is 114 Å². The van der Waals surface area contributed by atoms with Gasteiger partial charge in [0.05, 0.1) is 0 Å². The van der Waals surface area contributed by atoms with Crippen LogP contribution in [0.1, 0.15) is 25.0 Å². The van der Waals surface area contributed by atoms with E-state index in [1.165, 1.54) is 5.56 Å². The maximum atomic E-state index is 8.68. The molecule has 0 atom stereocenters. The molecule has 2 N–H and O–H groups in total. The predicted molar refractivity (Wildman–Crippen MR) is 57.2 cm³/mol. The monoisotopic (exact) mass is 218 g/mol. The van der Waals surface area contributed by atoms with Crippen LogP contribution in [0.2, 0.25) is 0 Å². The molecule has 0 bridgehead atoms. The molecule has 0 aliphatic carbocycles. The number of hydrogen-bond donors (Lipinski definition) is 2. The summed E-state index contributed by atoms with van der Waals surface area (Å²) in [5.74, 6) is 0.523. The summed E-state index contributed by atoms with van der Waals surface area (Å²) in [5, 5.41) is 17.4. The van der Waals surface area contributed by atoms with Crippen molar-refractivity contribution in [1.29, 1.82) is 0 Å². The van der Waals surface area contributed by atoms with E-state index in [0.717, 1.165) is 17.5 Å². The first kappa shape index (κ1) is 15.0. The van der Waals surface area contributed by atoms with Crippen molar-refractivity contribution in [3.05, 3.63) is 28.8 Å². The van der Waals surface area contributed by atoms with Gasteiger partial charge in [0.2, 0.25) is 0 Å². The van der Waals surface area contributed by atoms with Crippen LogP contribution in [0.3, 0.4) is 0 Å². The maximum absolute atomic E-state index is 8.68. The smallest absolute Gasteiger partial charge is 1.00 e. The zero-order valence-electron chi connectivity index (χ0n) is 10.7. The third-order valence-corrected chi connectivity index (χ3v) is 2.46. The molecule has 78 valence electrons. The molecule has 5 heteroatoms. The summed E-state index contributed by atoms with van der Waals surface area (Å²) in [6.45, 7) is 6.00. The molecule has 15 heavy (non-hydrogen) atoms. The summed E-state index contributed by atoms with van der Waals surface area (Å²) < 4.78 is 4.84. The standard InChI is InChI=1S/C10H15BO3.Na.H/c1-4-9-5-6-10(14-11(12)13)8(3)7(9)2;;/h5-6,12-13H,4H2,1-3H3;;/q;+1;-1. The molecule has 1 aromatic rings. The molecule has 1 aromatic carbocycles. The van der Waals surface area contributed by atoms with Crippen LogP contribution < -0.4 is 34.2 Å². The largest absolute Gasteiger partial charge is 1.00 e. The van der Waals surface area contributed by atoms with Crippen LogP contribution in [-0.2, 0) is 6.42 Å². The second-order valence-electron chi connectivity index (χ2n) is 3.27. The molecule has 3 nitrogen and oxygen atoms in total. The predicted octanol–water partition coefficient (Wildman–Crippen LogP) is -1.67. The summed E-state index contributed by atoms with van der Waals surface area (Å²) in [7, 11) is -1.75. The molecule has 0 unspecified atom stereocenters. The Kier molecular flexibility index (Phi) is 6.56. The Morgan fingerprint density at radius 1 is 1.27 bits per heavy atom. The van der Waals surface area contributed by atoms with E-state index < -0.39 is 7.32 Å². The summed E-state index contributed by atoms with van der Waals surface area (Å²) >= 11 is 0. The number of aryl methyl sites for hydroxylation is 1. The van der Waals surface area contributed by atoms with Crippen LogP contribution in [-0.4, -0.2) is 17.4 Å². The summed E-state index contributed by atoms with van der Waals surface area (Å²) in [5.41, 5.74) is 3.35. The molecule has 0 heterocycles. The Morgan fingerprint density at radius 2 is 1.87 bits per heavy atom. The van der Waals surface area contributed by atoms with Crippen molar-refractivity contribution < 1.29 is 45.7 Å². The second-order valence-corrected chi connectivity index (χ2v) is 3.27. The molecular formula is C10H16BNaO3. The van der Waals surface area contributed by atoms with E-state index >= 15 is 0 Å². The van der Waals surface area contributed by atoms with Gasteiger partial charge in [0, 0.05) is 0 Å². The van der Waals surface area contributed by atoms with Crippen molar-refractivity contribution in [2.75, 3.05) is 0 Å². The number of benzene rings is 1. The van der Waals surface area contributed by atoms with Crippen LogP contribution in [0, 0.1) is 13.8 Å². The first-order valence-corrected chi connectivity index (χ1v) is 4.68. The minimum absolute atomic E-state index is 0. The number of rotatable bonds is 3. The van der Waals surface area contributed by atoms with Gasteiger partial charge in [-0.1, -0.05) is 13.0 Å². The molecule has 0 aromatic heterocycles. The summed E-state index contributed by atoms with van der Waals surface area (Å²) in [4.78, 5) is 0. The molecule has 1 rings (SSSR count).